The summed E-state index contributed by atoms with van der Waals surface area (Å²) < 4.78 is 49.0. The van der Waals surface area contributed by atoms with Gasteiger partial charge >= 0.3 is 12.3 Å². The molecule has 0 saturated carbocycles. The Morgan fingerprint density at radius 3 is 2.58 bits per heavy atom. The zero-order valence-electron chi connectivity index (χ0n) is 9.38. The minimum Gasteiger partial charge on any atom is -0.307 e. The molecule has 0 aliphatic rings. The Balaban J connectivity index is 2.68. The topological polar surface area (TPSA) is 55.2 Å². The smallest absolute Gasteiger partial charge is 0.307 e. The van der Waals surface area contributed by atoms with Gasteiger partial charge in [-0.1, -0.05) is 11.6 Å². The summed E-state index contributed by atoms with van der Waals surface area (Å²) in [5.41, 5.74) is -0.0808. The second-order valence-corrected chi connectivity index (χ2v) is 4.11. The molecule has 0 fully saturated rings. The van der Waals surface area contributed by atoms with Crippen molar-refractivity contribution >= 4 is 17.3 Å². The molecule has 0 aliphatic heterocycles. The molecular formula is C10H9ClF4N2O2. The number of benzene rings is 1. The normalized spacial score (nSPS) is 11.9. The first-order chi connectivity index (χ1) is 8.74. The van der Waals surface area contributed by atoms with Crippen molar-refractivity contribution in [1.29, 1.82) is 0 Å². The Labute approximate surface area is 110 Å². The van der Waals surface area contributed by atoms with E-state index < -0.39 is 23.8 Å². The lowest BCUT2D eigenvalue weighted by molar-refractivity contribution is -0.384. The minimum atomic E-state index is -4.16. The summed E-state index contributed by atoms with van der Waals surface area (Å²) >= 11 is 5.72. The van der Waals surface area contributed by atoms with Crippen LogP contribution in [0.1, 0.15) is 5.56 Å². The number of nitro benzene ring substituents is 1. The molecule has 19 heavy (non-hydrogen) atoms. The first kappa shape index (κ1) is 15.6. The molecule has 1 aromatic rings. The van der Waals surface area contributed by atoms with Crippen LogP contribution in [0.15, 0.2) is 18.2 Å². The number of hydrogen-bond donors (Lipinski definition) is 1. The van der Waals surface area contributed by atoms with E-state index in [9.17, 15) is 27.7 Å². The second-order valence-electron chi connectivity index (χ2n) is 3.70. The molecule has 0 atom stereocenters. The standard InChI is InChI=1S/C10H9ClF4N2O2/c11-8-2-1-7(17(18)19)3-6(8)4-16-5-10(14,15)9(12)13/h1-3,9,16H,4-5H2. The fourth-order valence-corrected chi connectivity index (χ4v) is 1.44. The largest absolute Gasteiger partial charge is 0.319 e. The number of rotatable bonds is 6. The third-order valence-corrected chi connectivity index (χ3v) is 2.60. The van der Waals surface area contributed by atoms with Crippen LogP contribution < -0.4 is 5.32 Å². The summed E-state index contributed by atoms with van der Waals surface area (Å²) in [6.45, 7) is -1.52. The van der Waals surface area contributed by atoms with E-state index in [1.165, 1.54) is 6.07 Å². The molecule has 0 spiro atoms. The Morgan fingerprint density at radius 2 is 2.05 bits per heavy atom. The predicted molar refractivity (Wildman–Crippen MR) is 60.8 cm³/mol. The number of halogens is 5. The predicted octanol–water partition coefficient (Wildman–Crippen LogP) is 3.24. The monoisotopic (exact) mass is 300 g/mol. The van der Waals surface area contributed by atoms with Crippen LogP contribution in [0.5, 0.6) is 0 Å². The second kappa shape index (κ2) is 6.16. The highest BCUT2D eigenvalue weighted by molar-refractivity contribution is 6.31. The maximum atomic E-state index is 12.6. The van der Waals surface area contributed by atoms with Gasteiger partial charge in [0.05, 0.1) is 11.5 Å². The summed E-state index contributed by atoms with van der Waals surface area (Å²) in [6, 6.07) is 3.48. The Bertz CT molecular complexity index is 471. The van der Waals surface area contributed by atoms with Gasteiger partial charge in [0.2, 0.25) is 0 Å². The van der Waals surface area contributed by atoms with E-state index in [1.807, 2.05) is 0 Å². The van der Waals surface area contributed by atoms with Crippen molar-refractivity contribution in [2.45, 2.75) is 18.9 Å². The highest BCUT2D eigenvalue weighted by atomic mass is 35.5. The van der Waals surface area contributed by atoms with Gasteiger partial charge in [-0.15, -0.1) is 0 Å². The van der Waals surface area contributed by atoms with Gasteiger partial charge in [0.25, 0.3) is 5.69 Å². The van der Waals surface area contributed by atoms with Crippen LogP contribution in [0.3, 0.4) is 0 Å². The van der Waals surface area contributed by atoms with E-state index in [4.69, 9.17) is 11.6 Å². The average Bonchev–Trinajstić information content (AvgIpc) is 2.30. The molecule has 0 saturated heterocycles. The fourth-order valence-electron chi connectivity index (χ4n) is 1.25. The van der Waals surface area contributed by atoms with Crippen molar-refractivity contribution in [2.75, 3.05) is 6.54 Å². The van der Waals surface area contributed by atoms with Gasteiger partial charge in [-0.3, -0.25) is 10.1 Å². The van der Waals surface area contributed by atoms with Crippen molar-refractivity contribution in [1.82, 2.24) is 5.32 Å². The van der Waals surface area contributed by atoms with Crippen molar-refractivity contribution in [3.05, 3.63) is 38.9 Å². The van der Waals surface area contributed by atoms with E-state index >= 15 is 0 Å². The highest BCUT2D eigenvalue weighted by Gasteiger charge is 2.40. The van der Waals surface area contributed by atoms with Crippen molar-refractivity contribution in [3.8, 4) is 0 Å². The van der Waals surface area contributed by atoms with E-state index in [1.54, 1.807) is 0 Å². The summed E-state index contributed by atoms with van der Waals surface area (Å²) in [5, 5.41) is 12.7. The van der Waals surface area contributed by atoms with Gasteiger partial charge in [-0.2, -0.15) is 8.78 Å². The SMILES string of the molecule is O=[N+]([O-])c1ccc(Cl)c(CNCC(F)(F)C(F)F)c1. The molecule has 1 rings (SSSR count). The maximum Gasteiger partial charge on any atom is 0.319 e. The third kappa shape index (κ3) is 4.32. The Hall–Kier alpha value is -1.41. The number of hydrogen-bond acceptors (Lipinski definition) is 3. The van der Waals surface area contributed by atoms with Crippen LogP contribution in [-0.4, -0.2) is 23.8 Å². The molecule has 4 nitrogen and oxygen atoms in total. The van der Waals surface area contributed by atoms with Gasteiger partial charge in [-0.25, -0.2) is 8.78 Å². The van der Waals surface area contributed by atoms with Crippen LogP contribution in [0.2, 0.25) is 5.02 Å². The molecule has 0 aromatic heterocycles. The first-order valence-electron chi connectivity index (χ1n) is 5.03. The van der Waals surface area contributed by atoms with Gasteiger partial charge in [0, 0.05) is 23.7 Å². The van der Waals surface area contributed by atoms with Crippen LogP contribution in [0.4, 0.5) is 23.2 Å². The van der Waals surface area contributed by atoms with E-state index in [2.05, 4.69) is 5.32 Å². The first-order valence-corrected chi connectivity index (χ1v) is 5.41. The number of nitro groups is 1. The third-order valence-electron chi connectivity index (χ3n) is 2.24. The molecule has 0 radical (unpaired) electrons. The number of nitrogens with zero attached hydrogens (tertiary/aromatic N) is 1. The molecular weight excluding hydrogens is 292 g/mol. The molecule has 0 unspecified atom stereocenters. The van der Waals surface area contributed by atoms with Crippen LogP contribution >= 0.6 is 11.6 Å². The number of non-ortho nitro benzene ring substituents is 1. The van der Waals surface area contributed by atoms with Gasteiger partial charge in [0.15, 0.2) is 0 Å². The van der Waals surface area contributed by atoms with Gasteiger partial charge < -0.3 is 5.32 Å². The average molecular weight is 301 g/mol. The molecule has 106 valence electrons. The van der Waals surface area contributed by atoms with Gasteiger partial charge in [0.1, 0.15) is 0 Å². The number of nitrogens with one attached hydrogen (secondary N) is 1. The molecule has 0 amide bonds. The van der Waals surface area contributed by atoms with E-state index in [0.29, 0.717) is 0 Å². The summed E-state index contributed by atoms with van der Waals surface area (Å²) in [6.07, 6.45) is -3.78. The zero-order chi connectivity index (χ0) is 14.6. The van der Waals surface area contributed by atoms with Crippen molar-refractivity contribution in [3.63, 3.8) is 0 Å². The van der Waals surface area contributed by atoms with Gasteiger partial charge in [-0.05, 0) is 11.6 Å². The minimum absolute atomic E-state index is 0.124. The van der Waals surface area contributed by atoms with Crippen molar-refractivity contribution < 1.29 is 22.5 Å². The summed E-state index contributed by atoms with van der Waals surface area (Å²) in [5.74, 6) is -4.16. The lowest BCUT2D eigenvalue weighted by atomic mass is 10.2. The molecule has 1 N–H and O–H groups in total. The number of alkyl halides is 4. The quantitative estimate of drug-likeness (QED) is 0.498. The van der Waals surface area contributed by atoms with Crippen LogP contribution in [0.25, 0.3) is 0 Å². The summed E-state index contributed by atoms with van der Waals surface area (Å²) in [4.78, 5) is 9.84. The van der Waals surface area contributed by atoms with Crippen LogP contribution in [0, 0.1) is 10.1 Å². The van der Waals surface area contributed by atoms with E-state index in [0.717, 1.165) is 12.1 Å². The van der Waals surface area contributed by atoms with Crippen molar-refractivity contribution in [2.24, 2.45) is 0 Å². The lowest BCUT2D eigenvalue weighted by Gasteiger charge is -2.16. The highest BCUT2D eigenvalue weighted by Crippen LogP contribution is 2.24. The molecule has 0 bridgehead atoms. The maximum absolute atomic E-state index is 12.6. The van der Waals surface area contributed by atoms with E-state index in [-0.39, 0.29) is 22.8 Å². The molecule has 9 heteroatoms. The Kier molecular flexibility index (Phi) is 5.07. The molecule has 1 aromatic carbocycles. The zero-order valence-corrected chi connectivity index (χ0v) is 10.1. The van der Waals surface area contributed by atoms with Crippen LogP contribution in [-0.2, 0) is 6.54 Å². The molecule has 0 aliphatic carbocycles. The Morgan fingerprint density at radius 1 is 1.42 bits per heavy atom. The summed E-state index contributed by atoms with van der Waals surface area (Å²) in [7, 11) is 0. The lowest BCUT2D eigenvalue weighted by Crippen LogP contribution is -2.38. The molecule has 0 heterocycles. The fraction of sp³-hybridized carbons (Fsp3) is 0.400.